The summed E-state index contributed by atoms with van der Waals surface area (Å²) in [5.74, 6) is -0.0776. The van der Waals surface area contributed by atoms with Gasteiger partial charge in [-0.2, -0.15) is 0 Å². The van der Waals surface area contributed by atoms with E-state index in [1.165, 1.54) is 0 Å². The summed E-state index contributed by atoms with van der Waals surface area (Å²) >= 11 is 0. The number of pyridine rings is 1. The molecule has 6 nitrogen and oxygen atoms in total. The normalized spacial score (nSPS) is 16.6. The quantitative estimate of drug-likeness (QED) is 0.265. The van der Waals surface area contributed by atoms with Crippen LogP contribution < -0.4 is 4.74 Å². The number of nitrogens with zero attached hydrogens (tertiary/aromatic N) is 1. The largest absolute Gasteiger partial charge is 0.490 e. The number of carbonyl (C=O) groups is 2. The first-order valence-electron chi connectivity index (χ1n) is 12.7. The van der Waals surface area contributed by atoms with E-state index in [1.54, 1.807) is 24.4 Å². The van der Waals surface area contributed by atoms with E-state index in [4.69, 9.17) is 4.74 Å². The predicted molar refractivity (Wildman–Crippen MR) is 144 cm³/mol. The van der Waals surface area contributed by atoms with Crippen LogP contribution in [-0.4, -0.2) is 42.1 Å². The van der Waals surface area contributed by atoms with Gasteiger partial charge in [0.25, 0.3) is 0 Å². The molecule has 0 bridgehead atoms. The Morgan fingerprint density at radius 1 is 1.03 bits per heavy atom. The molecule has 0 N–H and O–H groups in total. The molecular weight excluding hydrogens is 486 g/mol. The lowest BCUT2D eigenvalue weighted by molar-refractivity contribution is 0.0888. The molecular formula is C30H33NO5S. The Bertz CT molecular complexity index is 1400. The molecule has 2 heterocycles. The summed E-state index contributed by atoms with van der Waals surface area (Å²) in [6.45, 7) is 5.65. The number of aryl methyl sites for hydroxylation is 1. The van der Waals surface area contributed by atoms with Crippen LogP contribution in [0, 0.1) is 6.92 Å². The lowest BCUT2D eigenvalue weighted by Crippen LogP contribution is -2.20. The van der Waals surface area contributed by atoms with Crippen molar-refractivity contribution in [2.45, 2.75) is 64.2 Å². The zero-order valence-electron chi connectivity index (χ0n) is 21.6. The molecule has 7 heteroatoms. The molecule has 37 heavy (non-hydrogen) atoms. The second-order valence-electron chi connectivity index (χ2n) is 10.0. The molecule has 194 valence electrons. The monoisotopic (exact) mass is 519 g/mol. The van der Waals surface area contributed by atoms with Gasteiger partial charge < -0.3 is 4.74 Å². The number of Topliss-reactive ketones (excluding diaryl/α,β-unsaturated/α-hetero) is 2. The minimum atomic E-state index is -3.16. The number of ether oxygens (including phenoxy) is 1. The van der Waals surface area contributed by atoms with Gasteiger partial charge in [-0.15, -0.1) is 0 Å². The maximum Gasteiger partial charge on any atom is 0.188 e. The molecule has 0 radical (unpaired) electrons. The molecule has 2 aromatic carbocycles. The molecule has 3 aromatic rings. The number of ketones is 2. The summed E-state index contributed by atoms with van der Waals surface area (Å²) in [7, 11) is -3.16. The van der Waals surface area contributed by atoms with Gasteiger partial charge in [0.1, 0.15) is 11.4 Å². The number of hydrogen-bond acceptors (Lipinski definition) is 6. The van der Waals surface area contributed by atoms with Crippen LogP contribution in [-0.2, 0) is 22.7 Å². The summed E-state index contributed by atoms with van der Waals surface area (Å²) < 4.78 is 31.3. The van der Waals surface area contributed by atoms with Crippen LogP contribution in [0.5, 0.6) is 5.75 Å². The van der Waals surface area contributed by atoms with E-state index >= 15 is 0 Å². The molecule has 4 rings (SSSR count). The highest BCUT2D eigenvalue weighted by molar-refractivity contribution is 7.92. The molecule has 1 unspecified atom stereocenters. The topological polar surface area (TPSA) is 90.4 Å². The van der Waals surface area contributed by atoms with Crippen LogP contribution in [0.4, 0.5) is 0 Å². The Hall–Kier alpha value is -3.32. The molecule has 1 saturated heterocycles. The van der Waals surface area contributed by atoms with Crippen molar-refractivity contribution in [2.75, 3.05) is 5.75 Å². The van der Waals surface area contributed by atoms with Crippen molar-refractivity contribution in [3.8, 4) is 5.75 Å². The number of sulfone groups is 1. The van der Waals surface area contributed by atoms with Crippen LogP contribution in [0.3, 0.4) is 0 Å². The van der Waals surface area contributed by atoms with Crippen LogP contribution in [0.25, 0.3) is 0 Å². The van der Waals surface area contributed by atoms with Crippen LogP contribution >= 0.6 is 0 Å². The van der Waals surface area contributed by atoms with E-state index in [2.05, 4.69) is 4.98 Å². The fourth-order valence-electron chi connectivity index (χ4n) is 4.77. The second-order valence-corrected chi connectivity index (χ2v) is 12.4. The van der Waals surface area contributed by atoms with Gasteiger partial charge in [0.15, 0.2) is 21.4 Å². The van der Waals surface area contributed by atoms with Gasteiger partial charge in [-0.05, 0) is 80.5 Å². The maximum absolute atomic E-state index is 13.6. The highest BCUT2D eigenvalue weighted by Gasteiger charge is 2.32. The number of rotatable bonds is 10. The maximum atomic E-state index is 13.6. The summed E-state index contributed by atoms with van der Waals surface area (Å²) in [5.41, 5.74) is 4.06. The van der Waals surface area contributed by atoms with Gasteiger partial charge in [0, 0.05) is 12.6 Å². The van der Waals surface area contributed by atoms with E-state index in [-0.39, 0.29) is 35.5 Å². The van der Waals surface area contributed by atoms with Crippen LogP contribution in [0.1, 0.15) is 76.2 Å². The zero-order valence-corrected chi connectivity index (χ0v) is 22.4. The first-order chi connectivity index (χ1) is 17.6. The standard InChI is InChI=1S/C30H33NO5S/c1-20(2)36-30-24(15-22-8-5-4-6-9-22)16-23(17-25-10-7-13-37(25,34)35)18-26(30)28(32)19-29(33)27-14-21(3)11-12-31-27/h4-6,8-9,11-12,14,16,18,20,25H,7,10,13,15,17,19H2,1-3H3. The van der Waals surface area contributed by atoms with Gasteiger partial charge >= 0.3 is 0 Å². The molecule has 0 amide bonds. The smallest absolute Gasteiger partial charge is 0.188 e. The van der Waals surface area contributed by atoms with Gasteiger partial charge in [-0.1, -0.05) is 36.4 Å². The highest BCUT2D eigenvalue weighted by Crippen LogP contribution is 2.33. The zero-order chi connectivity index (χ0) is 26.6. The van der Waals surface area contributed by atoms with Crippen molar-refractivity contribution in [1.82, 2.24) is 4.98 Å². The summed E-state index contributed by atoms with van der Waals surface area (Å²) in [5, 5.41) is -0.463. The van der Waals surface area contributed by atoms with E-state index in [0.29, 0.717) is 37.0 Å². The third-order valence-electron chi connectivity index (χ3n) is 6.57. The first kappa shape index (κ1) is 26.7. The summed E-state index contributed by atoms with van der Waals surface area (Å²) in [6, 6.07) is 17.0. The fraction of sp³-hybridized carbons (Fsp3) is 0.367. The molecule has 1 fully saturated rings. The lowest BCUT2D eigenvalue weighted by atomic mass is 9.92. The second kappa shape index (κ2) is 11.4. The number of hydrogen-bond donors (Lipinski definition) is 0. The van der Waals surface area contributed by atoms with Crippen molar-refractivity contribution >= 4 is 21.4 Å². The highest BCUT2D eigenvalue weighted by atomic mass is 32.2. The van der Waals surface area contributed by atoms with Gasteiger partial charge in [0.2, 0.25) is 0 Å². The fourth-order valence-corrected chi connectivity index (χ4v) is 6.65. The Labute approximate surface area is 219 Å². The minimum Gasteiger partial charge on any atom is -0.490 e. The number of carbonyl (C=O) groups excluding carboxylic acids is 2. The van der Waals surface area contributed by atoms with Gasteiger partial charge in [-0.25, -0.2) is 8.42 Å². The Kier molecular flexibility index (Phi) is 8.22. The molecule has 0 spiro atoms. The Morgan fingerprint density at radius 2 is 1.78 bits per heavy atom. The minimum absolute atomic E-state index is 0.198. The molecule has 1 aliphatic heterocycles. The number of aromatic nitrogens is 1. The molecule has 0 aliphatic carbocycles. The SMILES string of the molecule is Cc1ccnc(C(=O)CC(=O)c2cc(CC3CCCS3(=O)=O)cc(Cc3ccccc3)c2OC(C)C)c1. The third kappa shape index (κ3) is 6.72. The van der Waals surface area contributed by atoms with E-state index < -0.39 is 15.1 Å². The van der Waals surface area contributed by atoms with Crippen LogP contribution in [0.2, 0.25) is 0 Å². The van der Waals surface area contributed by atoms with E-state index in [0.717, 1.165) is 22.3 Å². The summed E-state index contributed by atoms with van der Waals surface area (Å²) in [4.78, 5) is 30.7. The third-order valence-corrected chi connectivity index (χ3v) is 8.84. The number of benzene rings is 2. The average Bonchev–Trinajstić information content (AvgIpc) is 3.18. The molecule has 1 aliphatic rings. The van der Waals surface area contributed by atoms with E-state index in [9.17, 15) is 18.0 Å². The molecule has 0 saturated carbocycles. The van der Waals surface area contributed by atoms with Gasteiger partial charge in [-0.3, -0.25) is 14.6 Å². The predicted octanol–water partition coefficient (Wildman–Crippen LogP) is 5.34. The van der Waals surface area contributed by atoms with Crippen molar-refractivity contribution in [1.29, 1.82) is 0 Å². The average molecular weight is 520 g/mol. The first-order valence-corrected chi connectivity index (χ1v) is 14.4. The lowest BCUT2D eigenvalue weighted by Gasteiger charge is -2.20. The Morgan fingerprint density at radius 3 is 2.43 bits per heavy atom. The van der Waals surface area contributed by atoms with Crippen LogP contribution in [0.15, 0.2) is 60.8 Å². The molecule has 1 atom stereocenters. The summed E-state index contributed by atoms with van der Waals surface area (Å²) in [6.07, 6.45) is 3.13. The van der Waals surface area contributed by atoms with Crippen molar-refractivity contribution in [3.05, 3.63) is 94.3 Å². The van der Waals surface area contributed by atoms with Crippen molar-refractivity contribution in [2.24, 2.45) is 0 Å². The van der Waals surface area contributed by atoms with Crippen molar-refractivity contribution < 1.29 is 22.7 Å². The van der Waals surface area contributed by atoms with E-state index in [1.807, 2.05) is 57.2 Å². The molecule has 1 aromatic heterocycles. The van der Waals surface area contributed by atoms with Crippen molar-refractivity contribution in [3.63, 3.8) is 0 Å². The Balaban J connectivity index is 1.76. The van der Waals surface area contributed by atoms with Gasteiger partial charge in [0.05, 0.1) is 29.1 Å².